The molecule has 3 rings (SSSR count). The molecular weight excluding hydrogens is 278 g/mol. The third-order valence-corrected chi connectivity index (χ3v) is 4.53. The van der Waals surface area contributed by atoms with Gasteiger partial charge in [-0.25, -0.2) is 0 Å². The van der Waals surface area contributed by atoms with Gasteiger partial charge in [0.15, 0.2) is 0 Å². The molecule has 2 aromatic rings. The topological polar surface area (TPSA) is 12.4 Å². The minimum Gasteiger partial charge on any atom is -0.287 e. The molecule has 1 aliphatic rings. The lowest BCUT2D eigenvalue weighted by molar-refractivity contribution is 0.587. The lowest BCUT2D eigenvalue weighted by atomic mass is 9.92. The van der Waals surface area contributed by atoms with Crippen LogP contribution in [-0.2, 0) is 0 Å². The summed E-state index contributed by atoms with van der Waals surface area (Å²) < 4.78 is 0. The summed E-state index contributed by atoms with van der Waals surface area (Å²) in [6, 6.07) is 13.1. The lowest BCUT2D eigenvalue weighted by Crippen LogP contribution is -2.10. The van der Waals surface area contributed by atoms with Crippen molar-refractivity contribution in [1.82, 2.24) is 0 Å². The zero-order valence-electron chi connectivity index (χ0n) is 14.8. The highest BCUT2D eigenvalue weighted by Gasteiger charge is 2.17. The minimum atomic E-state index is -0.0680. The van der Waals surface area contributed by atoms with Crippen molar-refractivity contribution in [3.8, 4) is 0 Å². The van der Waals surface area contributed by atoms with Crippen molar-refractivity contribution in [2.24, 2.45) is 4.99 Å². The zero-order valence-corrected chi connectivity index (χ0v) is 14.8. The Bertz CT molecular complexity index is 842. The Balaban J connectivity index is 2.24. The van der Waals surface area contributed by atoms with Crippen LogP contribution in [0.3, 0.4) is 0 Å². The molecular formula is C22H25N. The molecule has 0 radical (unpaired) electrons. The maximum atomic E-state index is 4.79. The third-order valence-electron chi connectivity index (χ3n) is 4.53. The van der Waals surface area contributed by atoms with E-state index in [-0.39, 0.29) is 5.54 Å². The van der Waals surface area contributed by atoms with Gasteiger partial charge in [0.05, 0.1) is 5.54 Å². The number of hydrogen-bond donors (Lipinski definition) is 0. The van der Waals surface area contributed by atoms with Crippen LogP contribution in [0.1, 0.15) is 52.2 Å². The van der Waals surface area contributed by atoms with Crippen molar-refractivity contribution in [1.29, 1.82) is 0 Å². The Morgan fingerprint density at radius 1 is 1.00 bits per heavy atom. The molecule has 23 heavy (non-hydrogen) atoms. The van der Waals surface area contributed by atoms with E-state index in [9.17, 15) is 0 Å². The van der Waals surface area contributed by atoms with Crippen LogP contribution < -0.4 is 0 Å². The average molecular weight is 303 g/mol. The largest absolute Gasteiger partial charge is 0.287 e. The maximum absolute atomic E-state index is 4.79. The molecule has 0 saturated carbocycles. The van der Waals surface area contributed by atoms with E-state index in [1.165, 1.54) is 38.6 Å². The molecule has 1 nitrogen and oxygen atoms in total. The molecule has 0 unspecified atom stereocenters. The van der Waals surface area contributed by atoms with Gasteiger partial charge in [0.2, 0.25) is 0 Å². The van der Waals surface area contributed by atoms with E-state index >= 15 is 0 Å². The Morgan fingerprint density at radius 3 is 2.39 bits per heavy atom. The van der Waals surface area contributed by atoms with Gasteiger partial charge in [0.25, 0.3) is 0 Å². The van der Waals surface area contributed by atoms with Crippen LogP contribution in [0.25, 0.3) is 16.3 Å². The van der Waals surface area contributed by atoms with E-state index in [1.54, 1.807) is 0 Å². The first-order chi connectivity index (χ1) is 10.9. The average Bonchev–Trinajstić information content (AvgIpc) is 2.83. The molecule has 0 spiro atoms. The Morgan fingerprint density at radius 2 is 1.74 bits per heavy atom. The highest BCUT2D eigenvalue weighted by Crippen LogP contribution is 2.36. The maximum Gasteiger partial charge on any atom is 0.0524 e. The van der Waals surface area contributed by atoms with E-state index in [0.29, 0.717) is 0 Å². The smallest absolute Gasteiger partial charge is 0.0524 e. The third kappa shape index (κ3) is 3.14. The fraction of sp³-hybridized carbons (Fsp3) is 0.318. The number of benzene rings is 2. The first-order valence-corrected chi connectivity index (χ1v) is 8.31. The molecule has 0 aromatic heterocycles. The van der Waals surface area contributed by atoms with Gasteiger partial charge >= 0.3 is 0 Å². The molecule has 2 aromatic carbocycles. The number of rotatable bonds is 2. The molecule has 0 N–H and O–H groups in total. The van der Waals surface area contributed by atoms with Gasteiger partial charge in [0, 0.05) is 11.8 Å². The van der Waals surface area contributed by atoms with E-state index in [4.69, 9.17) is 4.99 Å². The summed E-state index contributed by atoms with van der Waals surface area (Å²) in [5.41, 5.74) is 6.74. The van der Waals surface area contributed by atoms with Crippen LogP contribution in [0.15, 0.2) is 58.6 Å². The van der Waals surface area contributed by atoms with Crippen LogP contribution in [0.4, 0.5) is 0 Å². The van der Waals surface area contributed by atoms with Crippen molar-refractivity contribution >= 4 is 22.6 Å². The fourth-order valence-electron chi connectivity index (χ4n) is 3.07. The Hall–Kier alpha value is -2.15. The molecule has 0 fully saturated rings. The molecule has 0 heterocycles. The number of hydrogen-bond acceptors (Lipinski definition) is 1. The summed E-state index contributed by atoms with van der Waals surface area (Å²) in [4.78, 5) is 4.79. The number of aliphatic imine (C=N–C) groups is 1. The molecule has 1 heteroatoms. The quantitative estimate of drug-likeness (QED) is 0.587. The van der Waals surface area contributed by atoms with Crippen LogP contribution in [0.2, 0.25) is 0 Å². The molecule has 0 atom stereocenters. The predicted molar refractivity (Wildman–Crippen MR) is 102 cm³/mol. The standard InChI is InChI=1S/C22H25N/c1-15-10-12-18(16(15)2)20-13-11-17-8-6-7-9-19(17)21(20)14-23-22(3,4)5/h6-11,13-14H,12H2,1-5H3/b23-14+. The monoisotopic (exact) mass is 303 g/mol. The van der Waals surface area contributed by atoms with Gasteiger partial charge in [0.1, 0.15) is 0 Å². The van der Waals surface area contributed by atoms with E-state index in [1.807, 2.05) is 0 Å². The second kappa shape index (κ2) is 5.81. The first kappa shape index (κ1) is 15.7. The zero-order chi connectivity index (χ0) is 16.6. The van der Waals surface area contributed by atoms with Crippen molar-refractivity contribution in [2.45, 2.75) is 46.6 Å². The molecule has 1 aliphatic carbocycles. The van der Waals surface area contributed by atoms with Crippen LogP contribution in [0, 0.1) is 0 Å². The second-order valence-electron chi connectivity index (χ2n) is 7.37. The van der Waals surface area contributed by atoms with Crippen molar-refractivity contribution in [3.63, 3.8) is 0 Å². The van der Waals surface area contributed by atoms with Crippen molar-refractivity contribution < 1.29 is 0 Å². The van der Waals surface area contributed by atoms with E-state index < -0.39 is 0 Å². The van der Waals surface area contributed by atoms with Crippen molar-refractivity contribution in [2.75, 3.05) is 0 Å². The summed E-state index contributed by atoms with van der Waals surface area (Å²) in [7, 11) is 0. The van der Waals surface area contributed by atoms with Crippen LogP contribution in [0.5, 0.6) is 0 Å². The number of allylic oxidation sites excluding steroid dienone is 4. The summed E-state index contributed by atoms with van der Waals surface area (Å²) in [5.74, 6) is 0. The summed E-state index contributed by atoms with van der Waals surface area (Å²) in [6.45, 7) is 10.8. The highest BCUT2D eigenvalue weighted by molar-refractivity contribution is 6.05. The molecule has 0 aliphatic heterocycles. The van der Waals surface area contributed by atoms with Gasteiger partial charge < -0.3 is 0 Å². The molecule has 0 bridgehead atoms. The molecule has 0 amide bonds. The number of fused-ring (bicyclic) bond motifs is 1. The van der Waals surface area contributed by atoms with Gasteiger partial charge in [-0.2, -0.15) is 0 Å². The number of nitrogens with zero attached hydrogens (tertiary/aromatic N) is 1. The summed E-state index contributed by atoms with van der Waals surface area (Å²) in [5, 5.41) is 2.55. The molecule has 0 saturated heterocycles. The van der Waals surface area contributed by atoms with Crippen LogP contribution >= 0.6 is 0 Å². The van der Waals surface area contributed by atoms with Gasteiger partial charge in [-0.05, 0) is 68.5 Å². The van der Waals surface area contributed by atoms with Crippen molar-refractivity contribution in [3.05, 3.63) is 64.7 Å². The fourth-order valence-corrected chi connectivity index (χ4v) is 3.07. The first-order valence-electron chi connectivity index (χ1n) is 8.31. The highest BCUT2D eigenvalue weighted by atomic mass is 14.8. The minimum absolute atomic E-state index is 0.0680. The van der Waals surface area contributed by atoms with Crippen LogP contribution in [-0.4, -0.2) is 11.8 Å². The molecule has 118 valence electrons. The normalized spacial score (nSPS) is 15.8. The lowest BCUT2D eigenvalue weighted by Gasteiger charge is -2.15. The van der Waals surface area contributed by atoms with Gasteiger partial charge in [-0.1, -0.05) is 48.0 Å². The van der Waals surface area contributed by atoms with E-state index in [0.717, 1.165) is 6.42 Å². The Labute approximate surface area is 139 Å². The van der Waals surface area contributed by atoms with Gasteiger partial charge in [-0.3, -0.25) is 4.99 Å². The summed E-state index contributed by atoms with van der Waals surface area (Å²) >= 11 is 0. The predicted octanol–water partition coefficient (Wildman–Crippen LogP) is 6.18. The van der Waals surface area contributed by atoms with Gasteiger partial charge in [-0.15, -0.1) is 0 Å². The Kier molecular flexibility index (Phi) is 3.97. The van der Waals surface area contributed by atoms with E-state index in [2.05, 4.69) is 83.3 Å². The summed E-state index contributed by atoms with van der Waals surface area (Å²) in [6.07, 6.45) is 5.42. The second-order valence-corrected chi connectivity index (χ2v) is 7.37. The SMILES string of the molecule is CC1=CCC(c2ccc3ccccc3c2/C=N/C(C)(C)C)=C1C.